The van der Waals surface area contributed by atoms with Crippen molar-refractivity contribution in [1.82, 2.24) is 9.78 Å². The van der Waals surface area contributed by atoms with Gasteiger partial charge in [-0.05, 0) is 61.0 Å². The highest BCUT2D eigenvalue weighted by atomic mass is 35.5. The molecular formula is C27H21Cl2N5O2. The van der Waals surface area contributed by atoms with Crippen LogP contribution in [0, 0.1) is 0 Å². The Morgan fingerprint density at radius 2 is 1.42 bits per heavy atom. The molecule has 0 bridgehead atoms. The molecule has 1 atom stereocenters. The minimum absolute atomic E-state index is 0.307. The SMILES string of the molecule is CC1=C(C(=O)Nc2ccc(Cl)cc2)C(c2ccc(Cl)cc2)n2ncc(C(=O)Nc3ccccc3)c2N1. The van der Waals surface area contributed by atoms with Crippen LogP contribution in [0.5, 0.6) is 0 Å². The summed E-state index contributed by atoms with van der Waals surface area (Å²) >= 11 is 12.1. The smallest absolute Gasteiger partial charge is 0.261 e. The number of nitrogens with zero attached hydrogens (tertiary/aromatic N) is 2. The van der Waals surface area contributed by atoms with Gasteiger partial charge in [-0.25, -0.2) is 4.68 Å². The zero-order valence-corrected chi connectivity index (χ0v) is 20.6. The van der Waals surface area contributed by atoms with Gasteiger partial charge in [0.15, 0.2) is 0 Å². The molecule has 0 radical (unpaired) electrons. The number of benzene rings is 3. The summed E-state index contributed by atoms with van der Waals surface area (Å²) in [6, 6.07) is 22.7. The van der Waals surface area contributed by atoms with Gasteiger partial charge in [-0.3, -0.25) is 9.59 Å². The van der Waals surface area contributed by atoms with Gasteiger partial charge in [-0.1, -0.05) is 53.5 Å². The van der Waals surface area contributed by atoms with Crippen molar-refractivity contribution in [3.8, 4) is 0 Å². The molecule has 1 aromatic heterocycles. The van der Waals surface area contributed by atoms with Gasteiger partial charge >= 0.3 is 0 Å². The fourth-order valence-corrected chi connectivity index (χ4v) is 4.37. The molecule has 9 heteroatoms. The zero-order valence-electron chi connectivity index (χ0n) is 19.1. The number of hydrogen-bond acceptors (Lipinski definition) is 4. The Balaban J connectivity index is 1.54. The summed E-state index contributed by atoms with van der Waals surface area (Å²) in [5.41, 5.74) is 3.48. The lowest BCUT2D eigenvalue weighted by atomic mass is 9.94. The van der Waals surface area contributed by atoms with E-state index in [4.69, 9.17) is 23.2 Å². The Hall–Kier alpha value is -4.07. The van der Waals surface area contributed by atoms with Crippen molar-refractivity contribution in [3.05, 3.63) is 118 Å². The van der Waals surface area contributed by atoms with Gasteiger partial charge in [-0.2, -0.15) is 5.10 Å². The number of anilines is 3. The summed E-state index contributed by atoms with van der Waals surface area (Å²) in [6.45, 7) is 1.80. The van der Waals surface area contributed by atoms with Gasteiger partial charge in [0.05, 0.1) is 11.8 Å². The third kappa shape index (κ3) is 4.71. The van der Waals surface area contributed by atoms with E-state index in [1.54, 1.807) is 48.0 Å². The van der Waals surface area contributed by atoms with Crippen molar-refractivity contribution in [3.63, 3.8) is 0 Å². The maximum atomic E-state index is 13.5. The van der Waals surface area contributed by atoms with Crippen LogP contribution < -0.4 is 16.0 Å². The molecule has 3 aromatic carbocycles. The topological polar surface area (TPSA) is 88.0 Å². The van der Waals surface area contributed by atoms with E-state index in [0.29, 0.717) is 44.1 Å². The third-order valence-electron chi connectivity index (χ3n) is 5.83. The van der Waals surface area contributed by atoms with E-state index in [0.717, 1.165) is 5.56 Å². The van der Waals surface area contributed by atoms with Crippen molar-refractivity contribution >= 4 is 52.2 Å². The van der Waals surface area contributed by atoms with E-state index in [2.05, 4.69) is 21.0 Å². The molecule has 1 aliphatic rings. The molecular weight excluding hydrogens is 497 g/mol. The Kier molecular flexibility index (Phi) is 6.50. The number of aromatic nitrogens is 2. The molecule has 0 saturated heterocycles. The predicted octanol–water partition coefficient (Wildman–Crippen LogP) is 6.37. The number of halogens is 2. The average Bonchev–Trinajstić information content (AvgIpc) is 3.29. The first-order valence-corrected chi connectivity index (χ1v) is 11.9. The van der Waals surface area contributed by atoms with Crippen LogP contribution in [0.4, 0.5) is 17.2 Å². The number of para-hydroxylation sites is 1. The molecule has 0 spiro atoms. The average molecular weight is 518 g/mol. The van der Waals surface area contributed by atoms with Gasteiger partial charge in [0.25, 0.3) is 11.8 Å². The van der Waals surface area contributed by atoms with E-state index in [1.807, 2.05) is 42.5 Å². The Morgan fingerprint density at radius 1 is 0.833 bits per heavy atom. The molecule has 5 rings (SSSR count). The standard InChI is InChI=1S/C27H21Cl2N5O2/c1-16-23(27(36)33-21-13-11-19(29)12-14-21)24(17-7-9-18(28)10-8-17)34-25(31-16)22(15-30-34)26(35)32-20-5-3-2-4-6-20/h2-15,24,31H,1H3,(H,32,35)(H,33,36). The summed E-state index contributed by atoms with van der Waals surface area (Å²) in [7, 11) is 0. The second-order valence-corrected chi connectivity index (χ2v) is 9.12. The number of amides is 2. The van der Waals surface area contributed by atoms with Crippen LogP contribution in [-0.4, -0.2) is 21.6 Å². The van der Waals surface area contributed by atoms with Gasteiger partial charge < -0.3 is 16.0 Å². The molecule has 0 saturated carbocycles. The lowest BCUT2D eigenvalue weighted by Gasteiger charge is -2.30. The van der Waals surface area contributed by atoms with Crippen molar-refractivity contribution in [2.24, 2.45) is 0 Å². The molecule has 2 amide bonds. The van der Waals surface area contributed by atoms with E-state index < -0.39 is 6.04 Å². The van der Waals surface area contributed by atoms with Crippen LogP contribution in [-0.2, 0) is 4.79 Å². The first-order chi connectivity index (χ1) is 17.4. The highest BCUT2D eigenvalue weighted by molar-refractivity contribution is 6.31. The number of hydrogen-bond donors (Lipinski definition) is 3. The number of carbonyl (C=O) groups excluding carboxylic acids is 2. The van der Waals surface area contributed by atoms with E-state index >= 15 is 0 Å². The maximum absolute atomic E-state index is 13.5. The van der Waals surface area contributed by atoms with Crippen LogP contribution in [0.2, 0.25) is 10.0 Å². The van der Waals surface area contributed by atoms with Gasteiger partial charge in [-0.15, -0.1) is 0 Å². The van der Waals surface area contributed by atoms with Crippen molar-refractivity contribution < 1.29 is 9.59 Å². The summed E-state index contributed by atoms with van der Waals surface area (Å²) in [5, 5.41) is 14.7. The van der Waals surface area contributed by atoms with Gasteiger partial charge in [0.2, 0.25) is 0 Å². The molecule has 0 aliphatic carbocycles. The zero-order chi connectivity index (χ0) is 25.2. The van der Waals surface area contributed by atoms with E-state index in [1.165, 1.54) is 6.20 Å². The molecule has 1 aliphatic heterocycles. The highest BCUT2D eigenvalue weighted by Gasteiger charge is 2.35. The summed E-state index contributed by atoms with van der Waals surface area (Å²) in [4.78, 5) is 26.6. The first-order valence-electron chi connectivity index (χ1n) is 11.1. The molecule has 0 fully saturated rings. The lowest BCUT2D eigenvalue weighted by molar-refractivity contribution is -0.113. The van der Waals surface area contributed by atoms with Crippen molar-refractivity contribution in [2.75, 3.05) is 16.0 Å². The maximum Gasteiger partial charge on any atom is 0.261 e. The molecule has 3 N–H and O–H groups in total. The van der Waals surface area contributed by atoms with Gasteiger partial charge in [0, 0.05) is 27.1 Å². The van der Waals surface area contributed by atoms with Crippen LogP contribution >= 0.6 is 23.2 Å². The fraction of sp³-hybridized carbons (Fsp3) is 0.0741. The first kappa shape index (κ1) is 23.7. The van der Waals surface area contributed by atoms with Crippen LogP contribution in [0.1, 0.15) is 28.9 Å². The third-order valence-corrected chi connectivity index (χ3v) is 6.34. The minimum atomic E-state index is -0.593. The van der Waals surface area contributed by atoms with E-state index in [-0.39, 0.29) is 11.8 Å². The largest absolute Gasteiger partial charge is 0.343 e. The van der Waals surface area contributed by atoms with Gasteiger partial charge in [0.1, 0.15) is 17.4 Å². The molecule has 7 nitrogen and oxygen atoms in total. The summed E-state index contributed by atoms with van der Waals surface area (Å²) in [6.07, 6.45) is 1.50. The number of fused-ring (bicyclic) bond motifs is 1. The number of nitrogens with one attached hydrogen (secondary N) is 3. The summed E-state index contributed by atoms with van der Waals surface area (Å²) in [5.74, 6) is -0.130. The lowest BCUT2D eigenvalue weighted by Crippen LogP contribution is -2.32. The number of allylic oxidation sites excluding steroid dienone is 1. The molecule has 180 valence electrons. The molecule has 1 unspecified atom stereocenters. The van der Waals surface area contributed by atoms with Crippen LogP contribution in [0.25, 0.3) is 0 Å². The highest BCUT2D eigenvalue weighted by Crippen LogP contribution is 2.38. The quantitative estimate of drug-likeness (QED) is 0.287. The predicted molar refractivity (Wildman–Crippen MR) is 143 cm³/mol. The monoisotopic (exact) mass is 517 g/mol. The Labute approximate surface area is 217 Å². The summed E-state index contributed by atoms with van der Waals surface area (Å²) < 4.78 is 1.65. The Bertz CT molecular complexity index is 1460. The fourth-order valence-electron chi connectivity index (χ4n) is 4.12. The Morgan fingerprint density at radius 3 is 2.08 bits per heavy atom. The van der Waals surface area contributed by atoms with Crippen LogP contribution in [0.3, 0.4) is 0 Å². The van der Waals surface area contributed by atoms with Crippen molar-refractivity contribution in [2.45, 2.75) is 13.0 Å². The molecule has 2 heterocycles. The molecule has 36 heavy (non-hydrogen) atoms. The van der Waals surface area contributed by atoms with E-state index in [9.17, 15) is 9.59 Å². The normalized spacial score (nSPS) is 14.6. The number of rotatable bonds is 5. The van der Waals surface area contributed by atoms with Crippen molar-refractivity contribution in [1.29, 1.82) is 0 Å². The second-order valence-electron chi connectivity index (χ2n) is 8.25. The molecule has 4 aromatic rings. The second kappa shape index (κ2) is 9.89. The number of carbonyl (C=O) groups is 2. The van der Waals surface area contributed by atoms with Crippen LogP contribution in [0.15, 0.2) is 96.3 Å². The minimum Gasteiger partial charge on any atom is -0.343 e.